The number of pyridine rings is 1. The second kappa shape index (κ2) is 5.49. The van der Waals surface area contributed by atoms with Crippen LogP contribution in [0.2, 0.25) is 0 Å². The van der Waals surface area contributed by atoms with Crippen LogP contribution in [-0.4, -0.2) is 22.3 Å². The molecule has 0 bridgehead atoms. The molecule has 82 valence electrons. The minimum absolute atomic E-state index is 0.284. The van der Waals surface area contributed by atoms with Crippen LogP contribution >= 0.6 is 0 Å². The first-order valence-electron chi connectivity index (χ1n) is 5.37. The van der Waals surface area contributed by atoms with Crippen molar-refractivity contribution in [1.82, 2.24) is 9.88 Å². The molecule has 0 atom stereocenters. The lowest BCUT2D eigenvalue weighted by Gasteiger charge is -2.25. The molecule has 0 saturated carbocycles. The molecule has 0 radical (unpaired) electrons. The fraction of sp³-hybridized carbons (Fsp3) is 0.500. The van der Waals surface area contributed by atoms with Gasteiger partial charge in [0.15, 0.2) is 0 Å². The normalized spacial score (nSPS) is 10.4. The fourth-order valence-corrected chi connectivity index (χ4v) is 1.44. The van der Waals surface area contributed by atoms with E-state index in [1.54, 1.807) is 12.4 Å². The van der Waals surface area contributed by atoms with Crippen molar-refractivity contribution in [2.24, 2.45) is 5.92 Å². The molecule has 0 spiro atoms. The van der Waals surface area contributed by atoms with Gasteiger partial charge in [-0.25, -0.2) is 0 Å². The van der Waals surface area contributed by atoms with Gasteiger partial charge in [0.1, 0.15) is 0 Å². The Bertz CT molecular complexity index is 306. The predicted molar refractivity (Wildman–Crippen MR) is 62.9 cm³/mol. The third-order valence-corrected chi connectivity index (χ3v) is 2.39. The Morgan fingerprint density at radius 2 is 2.00 bits per heavy atom. The zero-order valence-corrected chi connectivity index (χ0v) is 9.70. The first-order valence-corrected chi connectivity index (χ1v) is 5.37. The zero-order valence-electron chi connectivity index (χ0n) is 9.70. The Morgan fingerprint density at radius 1 is 1.40 bits per heavy atom. The van der Waals surface area contributed by atoms with E-state index >= 15 is 0 Å². The molecule has 3 heteroatoms. The Morgan fingerprint density at radius 3 is 2.47 bits per heavy atom. The molecule has 0 aromatic carbocycles. The number of hydrogen-bond acceptors (Lipinski definition) is 2. The Hall–Kier alpha value is -1.38. The molecule has 0 saturated heterocycles. The monoisotopic (exact) mass is 205 g/mol. The molecule has 0 unspecified atom stereocenters. The quantitative estimate of drug-likeness (QED) is 0.606. The first-order chi connectivity index (χ1) is 7.15. The van der Waals surface area contributed by atoms with Crippen LogP contribution in [0.1, 0.15) is 26.3 Å². The van der Waals surface area contributed by atoms with Crippen molar-refractivity contribution in [2.45, 2.75) is 27.3 Å². The molecule has 0 aliphatic heterocycles. The van der Waals surface area contributed by atoms with Gasteiger partial charge >= 0.3 is 0 Å². The van der Waals surface area contributed by atoms with E-state index in [0.29, 0.717) is 5.84 Å². The highest BCUT2D eigenvalue weighted by Gasteiger charge is 2.11. The average Bonchev–Trinajstić information content (AvgIpc) is 2.26. The highest BCUT2D eigenvalue weighted by Crippen LogP contribution is 2.07. The summed E-state index contributed by atoms with van der Waals surface area (Å²) in [6.45, 7) is 7.86. The summed E-state index contributed by atoms with van der Waals surface area (Å²) < 4.78 is 0. The van der Waals surface area contributed by atoms with Crippen LogP contribution in [0.4, 0.5) is 0 Å². The van der Waals surface area contributed by atoms with Gasteiger partial charge in [0.05, 0.1) is 5.84 Å². The van der Waals surface area contributed by atoms with Crippen molar-refractivity contribution >= 4 is 5.84 Å². The van der Waals surface area contributed by atoms with Crippen LogP contribution in [-0.2, 0) is 6.54 Å². The number of nitrogens with one attached hydrogen (secondary N) is 1. The highest BCUT2D eigenvalue weighted by atomic mass is 15.2. The maximum atomic E-state index is 7.96. The van der Waals surface area contributed by atoms with Crippen LogP contribution in [0.5, 0.6) is 0 Å². The summed E-state index contributed by atoms with van der Waals surface area (Å²) in [6, 6.07) is 3.99. The Balaban J connectivity index is 2.66. The molecule has 1 aromatic heterocycles. The molecule has 1 aromatic rings. The van der Waals surface area contributed by atoms with Crippen LogP contribution in [0.25, 0.3) is 0 Å². The number of aromatic nitrogens is 1. The number of rotatable bonds is 4. The van der Waals surface area contributed by atoms with Crippen molar-refractivity contribution < 1.29 is 0 Å². The second-order valence-corrected chi connectivity index (χ2v) is 3.91. The third kappa shape index (κ3) is 3.35. The molecule has 0 aliphatic rings. The van der Waals surface area contributed by atoms with Crippen LogP contribution < -0.4 is 0 Å². The van der Waals surface area contributed by atoms with Crippen LogP contribution in [0.3, 0.4) is 0 Å². The van der Waals surface area contributed by atoms with E-state index in [1.807, 2.05) is 12.1 Å². The summed E-state index contributed by atoms with van der Waals surface area (Å²) in [6.07, 6.45) is 3.59. The topological polar surface area (TPSA) is 40.0 Å². The van der Waals surface area contributed by atoms with Gasteiger partial charge in [-0.1, -0.05) is 13.8 Å². The van der Waals surface area contributed by atoms with Gasteiger partial charge in [-0.15, -0.1) is 0 Å². The summed E-state index contributed by atoms with van der Waals surface area (Å²) in [5.74, 6) is 0.987. The lowest BCUT2D eigenvalue weighted by molar-refractivity contribution is 0.410. The SMILES string of the molecule is CCN(Cc1ccncc1)C(=N)C(C)C. The Kier molecular flexibility index (Phi) is 4.28. The minimum atomic E-state index is 0.284. The van der Waals surface area contributed by atoms with Crippen molar-refractivity contribution in [3.05, 3.63) is 30.1 Å². The van der Waals surface area contributed by atoms with Crippen molar-refractivity contribution in [2.75, 3.05) is 6.54 Å². The van der Waals surface area contributed by atoms with Gasteiger partial charge in [-0.3, -0.25) is 10.4 Å². The largest absolute Gasteiger partial charge is 0.356 e. The van der Waals surface area contributed by atoms with E-state index in [4.69, 9.17) is 5.41 Å². The summed E-state index contributed by atoms with van der Waals surface area (Å²) in [7, 11) is 0. The molecular formula is C12H19N3. The molecule has 0 fully saturated rings. The fourth-order valence-electron chi connectivity index (χ4n) is 1.44. The van der Waals surface area contributed by atoms with Crippen LogP contribution in [0.15, 0.2) is 24.5 Å². The van der Waals surface area contributed by atoms with E-state index in [-0.39, 0.29) is 5.92 Å². The standard InChI is InChI=1S/C12H19N3/c1-4-15(12(13)10(2)3)9-11-5-7-14-8-6-11/h5-8,10,13H,4,9H2,1-3H3. The zero-order chi connectivity index (χ0) is 11.3. The van der Waals surface area contributed by atoms with Crippen molar-refractivity contribution in [3.8, 4) is 0 Å². The van der Waals surface area contributed by atoms with Crippen molar-refractivity contribution in [1.29, 1.82) is 5.41 Å². The number of nitrogens with zero attached hydrogens (tertiary/aromatic N) is 2. The smallest absolute Gasteiger partial charge is 0.0986 e. The van der Waals surface area contributed by atoms with Gasteiger partial charge < -0.3 is 4.90 Å². The molecule has 3 nitrogen and oxygen atoms in total. The van der Waals surface area contributed by atoms with E-state index in [9.17, 15) is 0 Å². The molecular weight excluding hydrogens is 186 g/mol. The van der Waals surface area contributed by atoms with E-state index < -0.39 is 0 Å². The van der Waals surface area contributed by atoms with Gasteiger partial charge in [0, 0.05) is 31.4 Å². The van der Waals surface area contributed by atoms with Crippen molar-refractivity contribution in [3.63, 3.8) is 0 Å². The van der Waals surface area contributed by atoms with E-state index in [1.165, 1.54) is 5.56 Å². The summed E-state index contributed by atoms with van der Waals surface area (Å²) in [5.41, 5.74) is 1.21. The van der Waals surface area contributed by atoms with Gasteiger partial charge in [0.2, 0.25) is 0 Å². The summed E-state index contributed by atoms with van der Waals surface area (Å²) in [5, 5.41) is 7.96. The number of hydrogen-bond donors (Lipinski definition) is 1. The first kappa shape index (κ1) is 11.7. The molecule has 0 amide bonds. The molecule has 1 rings (SSSR count). The number of amidine groups is 1. The van der Waals surface area contributed by atoms with Gasteiger partial charge in [0.25, 0.3) is 0 Å². The lowest BCUT2D eigenvalue weighted by Crippen LogP contribution is -2.32. The summed E-state index contributed by atoms with van der Waals surface area (Å²) >= 11 is 0. The van der Waals surface area contributed by atoms with E-state index in [0.717, 1.165) is 13.1 Å². The summed E-state index contributed by atoms with van der Waals surface area (Å²) in [4.78, 5) is 6.07. The Labute approximate surface area is 91.7 Å². The molecule has 15 heavy (non-hydrogen) atoms. The van der Waals surface area contributed by atoms with Gasteiger partial charge in [-0.2, -0.15) is 0 Å². The maximum Gasteiger partial charge on any atom is 0.0986 e. The third-order valence-electron chi connectivity index (χ3n) is 2.39. The van der Waals surface area contributed by atoms with Gasteiger partial charge in [-0.05, 0) is 24.6 Å². The second-order valence-electron chi connectivity index (χ2n) is 3.91. The molecule has 1 N–H and O–H groups in total. The highest BCUT2D eigenvalue weighted by molar-refractivity contribution is 5.80. The predicted octanol–water partition coefficient (Wildman–Crippen LogP) is 2.54. The lowest BCUT2D eigenvalue weighted by atomic mass is 10.1. The molecule has 1 heterocycles. The van der Waals surface area contributed by atoms with Crippen LogP contribution in [0, 0.1) is 11.3 Å². The maximum absolute atomic E-state index is 7.96. The average molecular weight is 205 g/mol. The minimum Gasteiger partial charge on any atom is -0.356 e. The molecule has 0 aliphatic carbocycles. The van der Waals surface area contributed by atoms with E-state index in [2.05, 4.69) is 30.7 Å².